The molecule has 25 heavy (non-hydrogen) atoms. The third kappa shape index (κ3) is 4.06. The molecular formula is C18H21NO6. The van der Waals surface area contributed by atoms with Gasteiger partial charge >= 0.3 is 0 Å². The third-order valence-corrected chi connectivity index (χ3v) is 3.57. The van der Waals surface area contributed by atoms with Crippen LogP contribution in [0.2, 0.25) is 0 Å². The van der Waals surface area contributed by atoms with E-state index in [9.17, 15) is 4.79 Å². The fourth-order valence-corrected chi connectivity index (χ4v) is 2.25. The summed E-state index contributed by atoms with van der Waals surface area (Å²) in [5.41, 5.74) is 0.772. The summed E-state index contributed by atoms with van der Waals surface area (Å²) in [4.78, 5) is 12.7. The fraction of sp³-hybridized carbons (Fsp3) is 0.278. The van der Waals surface area contributed by atoms with Gasteiger partial charge in [0.1, 0.15) is 34.4 Å². The van der Waals surface area contributed by atoms with Crippen molar-refractivity contribution < 1.29 is 28.5 Å². The van der Waals surface area contributed by atoms with Gasteiger partial charge in [0.15, 0.2) is 0 Å². The lowest BCUT2D eigenvalue weighted by Gasteiger charge is -2.16. The maximum absolute atomic E-state index is 12.7. The van der Waals surface area contributed by atoms with Gasteiger partial charge in [0.2, 0.25) is 0 Å². The Kier molecular flexibility index (Phi) is 5.94. The summed E-state index contributed by atoms with van der Waals surface area (Å²) in [6.45, 7) is 0. The first-order valence-electron chi connectivity index (χ1n) is 7.40. The maximum atomic E-state index is 12.7. The van der Waals surface area contributed by atoms with Crippen molar-refractivity contribution in [3.05, 3.63) is 35.9 Å². The summed E-state index contributed by atoms with van der Waals surface area (Å²) >= 11 is 0. The number of ether oxygens (including phenoxy) is 5. The number of anilines is 1. The lowest BCUT2D eigenvalue weighted by molar-refractivity contribution is 0.102. The van der Waals surface area contributed by atoms with E-state index in [1.54, 1.807) is 30.3 Å². The molecule has 134 valence electrons. The molecule has 2 aromatic carbocycles. The second-order valence-electron chi connectivity index (χ2n) is 4.96. The maximum Gasteiger partial charge on any atom is 0.256 e. The first kappa shape index (κ1) is 18.3. The second-order valence-corrected chi connectivity index (χ2v) is 4.96. The van der Waals surface area contributed by atoms with Crippen molar-refractivity contribution in [2.75, 3.05) is 40.9 Å². The normalized spacial score (nSPS) is 9.96. The minimum atomic E-state index is -0.362. The van der Waals surface area contributed by atoms with Crippen molar-refractivity contribution in [3.63, 3.8) is 0 Å². The summed E-state index contributed by atoms with van der Waals surface area (Å²) in [7, 11) is 7.57. The summed E-state index contributed by atoms with van der Waals surface area (Å²) in [6.07, 6.45) is 0. The molecule has 0 spiro atoms. The van der Waals surface area contributed by atoms with Gasteiger partial charge in [-0.05, 0) is 12.1 Å². The quantitative estimate of drug-likeness (QED) is 0.830. The molecule has 0 bridgehead atoms. The van der Waals surface area contributed by atoms with Gasteiger partial charge in [0.05, 0.1) is 35.5 Å². The summed E-state index contributed by atoms with van der Waals surface area (Å²) in [5.74, 6) is 2.05. The highest BCUT2D eigenvalue weighted by molar-refractivity contribution is 6.06. The van der Waals surface area contributed by atoms with Crippen LogP contribution in [0.15, 0.2) is 30.3 Å². The lowest BCUT2D eigenvalue weighted by Crippen LogP contribution is -2.14. The van der Waals surface area contributed by atoms with Crippen LogP contribution < -0.4 is 29.0 Å². The Bertz CT molecular complexity index is 712. The number of carbonyl (C=O) groups is 1. The molecule has 0 atom stereocenters. The van der Waals surface area contributed by atoms with Gasteiger partial charge < -0.3 is 29.0 Å². The zero-order valence-electron chi connectivity index (χ0n) is 14.8. The van der Waals surface area contributed by atoms with Crippen molar-refractivity contribution in [3.8, 4) is 28.7 Å². The van der Waals surface area contributed by atoms with Crippen molar-refractivity contribution in [2.45, 2.75) is 0 Å². The standard InChI is InChI=1S/C18H21NO6/c1-21-12-6-11(7-13(8-12)22-2)18(20)19-17-15(24-4)9-14(23-3)10-16(17)25-5/h6-10H,1-5H3,(H,19,20). The van der Waals surface area contributed by atoms with Crippen LogP contribution in [-0.2, 0) is 0 Å². The smallest absolute Gasteiger partial charge is 0.256 e. The minimum Gasteiger partial charge on any atom is -0.497 e. The highest BCUT2D eigenvalue weighted by Gasteiger charge is 2.18. The Morgan fingerprint density at radius 3 is 1.52 bits per heavy atom. The van der Waals surface area contributed by atoms with Gasteiger partial charge in [-0.25, -0.2) is 0 Å². The first-order valence-corrected chi connectivity index (χ1v) is 7.40. The Labute approximate surface area is 146 Å². The molecule has 0 radical (unpaired) electrons. The van der Waals surface area contributed by atoms with Gasteiger partial charge in [-0.2, -0.15) is 0 Å². The van der Waals surface area contributed by atoms with Crippen molar-refractivity contribution in [1.82, 2.24) is 0 Å². The van der Waals surface area contributed by atoms with Gasteiger partial charge in [-0.3, -0.25) is 4.79 Å². The largest absolute Gasteiger partial charge is 0.497 e. The number of methoxy groups -OCH3 is 5. The van der Waals surface area contributed by atoms with Crippen LogP contribution in [0.25, 0.3) is 0 Å². The fourth-order valence-electron chi connectivity index (χ4n) is 2.25. The average molecular weight is 347 g/mol. The van der Waals surface area contributed by atoms with Crippen LogP contribution in [0.1, 0.15) is 10.4 Å². The molecule has 0 aliphatic heterocycles. The molecule has 0 heterocycles. The number of carbonyl (C=O) groups excluding carboxylic acids is 1. The summed E-state index contributed by atoms with van der Waals surface area (Å²) in [6, 6.07) is 8.22. The number of nitrogens with one attached hydrogen (secondary N) is 1. The molecule has 2 rings (SSSR count). The zero-order chi connectivity index (χ0) is 18.4. The number of rotatable bonds is 7. The molecule has 0 unspecified atom stereocenters. The van der Waals surface area contributed by atoms with Crippen LogP contribution in [0.5, 0.6) is 28.7 Å². The van der Waals surface area contributed by atoms with E-state index in [1.807, 2.05) is 0 Å². The Hall–Kier alpha value is -3.09. The van der Waals surface area contributed by atoms with Gasteiger partial charge in [-0.15, -0.1) is 0 Å². The van der Waals surface area contributed by atoms with E-state index >= 15 is 0 Å². The van der Waals surface area contributed by atoms with Crippen molar-refractivity contribution >= 4 is 11.6 Å². The summed E-state index contributed by atoms with van der Waals surface area (Å²) in [5, 5.41) is 2.80. The van der Waals surface area contributed by atoms with E-state index < -0.39 is 0 Å². The highest BCUT2D eigenvalue weighted by Crippen LogP contribution is 2.39. The van der Waals surface area contributed by atoms with Crippen molar-refractivity contribution in [1.29, 1.82) is 0 Å². The van der Waals surface area contributed by atoms with Gasteiger partial charge in [0.25, 0.3) is 5.91 Å². The van der Waals surface area contributed by atoms with E-state index in [4.69, 9.17) is 23.7 Å². The van der Waals surface area contributed by atoms with E-state index in [-0.39, 0.29) is 5.91 Å². The Balaban J connectivity index is 2.40. The molecule has 7 nitrogen and oxygen atoms in total. The van der Waals surface area contributed by atoms with E-state index in [1.165, 1.54) is 35.5 Å². The lowest BCUT2D eigenvalue weighted by atomic mass is 10.1. The van der Waals surface area contributed by atoms with Crippen LogP contribution >= 0.6 is 0 Å². The molecule has 7 heteroatoms. The van der Waals surface area contributed by atoms with Crippen LogP contribution in [-0.4, -0.2) is 41.5 Å². The average Bonchev–Trinajstić information content (AvgIpc) is 2.67. The predicted octanol–water partition coefficient (Wildman–Crippen LogP) is 2.98. The van der Waals surface area contributed by atoms with Crippen LogP contribution in [0.4, 0.5) is 5.69 Å². The molecule has 0 aliphatic rings. The number of amides is 1. The molecule has 0 aromatic heterocycles. The number of benzene rings is 2. The van der Waals surface area contributed by atoms with Crippen LogP contribution in [0.3, 0.4) is 0 Å². The molecule has 0 aliphatic carbocycles. The first-order chi connectivity index (χ1) is 12.1. The molecule has 0 saturated carbocycles. The molecule has 0 saturated heterocycles. The second kappa shape index (κ2) is 8.14. The number of hydrogen-bond acceptors (Lipinski definition) is 6. The third-order valence-electron chi connectivity index (χ3n) is 3.57. The van der Waals surface area contributed by atoms with Crippen LogP contribution in [0, 0.1) is 0 Å². The molecule has 0 fully saturated rings. The monoisotopic (exact) mass is 347 g/mol. The number of hydrogen-bond donors (Lipinski definition) is 1. The van der Waals surface area contributed by atoms with E-state index in [0.717, 1.165) is 0 Å². The summed E-state index contributed by atoms with van der Waals surface area (Å²) < 4.78 is 26.2. The minimum absolute atomic E-state index is 0.362. The molecule has 1 N–H and O–H groups in total. The zero-order valence-corrected chi connectivity index (χ0v) is 14.8. The highest BCUT2D eigenvalue weighted by atomic mass is 16.5. The van der Waals surface area contributed by atoms with E-state index in [0.29, 0.717) is 40.0 Å². The predicted molar refractivity (Wildman–Crippen MR) is 93.6 cm³/mol. The Morgan fingerprint density at radius 1 is 0.680 bits per heavy atom. The molecule has 2 aromatic rings. The van der Waals surface area contributed by atoms with Gasteiger partial charge in [0, 0.05) is 23.8 Å². The van der Waals surface area contributed by atoms with Gasteiger partial charge in [-0.1, -0.05) is 0 Å². The molecule has 1 amide bonds. The Morgan fingerprint density at radius 2 is 1.12 bits per heavy atom. The SMILES string of the molecule is COc1cc(OC)cc(C(=O)Nc2c(OC)cc(OC)cc2OC)c1. The molecular weight excluding hydrogens is 326 g/mol. The van der Waals surface area contributed by atoms with E-state index in [2.05, 4.69) is 5.32 Å². The van der Waals surface area contributed by atoms with Crippen molar-refractivity contribution in [2.24, 2.45) is 0 Å². The topological polar surface area (TPSA) is 75.3 Å².